The molecule has 1 aliphatic heterocycles. The molecule has 1 N–H and O–H groups in total. The molecule has 5 rings (SSSR count). The lowest BCUT2D eigenvalue weighted by Crippen LogP contribution is -2.12. The van der Waals surface area contributed by atoms with Crippen LogP contribution in [0.2, 0.25) is 0 Å². The summed E-state index contributed by atoms with van der Waals surface area (Å²) in [6, 6.07) is 21.1. The average molecular weight is 834 g/mol. The minimum absolute atomic E-state index is 0.0103. The number of fused-ring (bicyclic) bond motifs is 1. The number of carbonyl (C=O) groups excluding carboxylic acids is 4. The van der Waals surface area contributed by atoms with Crippen molar-refractivity contribution in [3.05, 3.63) is 115 Å². The Balaban J connectivity index is 0.000000236. The lowest BCUT2D eigenvalue weighted by molar-refractivity contribution is 0.0590. The van der Waals surface area contributed by atoms with Crippen molar-refractivity contribution < 1.29 is 52.3 Å². The Hall–Kier alpha value is -5.08. The summed E-state index contributed by atoms with van der Waals surface area (Å²) in [6.07, 6.45) is 0. The molecule has 1 amide bonds. The predicted octanol–water partition coefficient (Wildman–Crippen LogP) is 7.22. The van der Waals surface area contributed by atoms with Crippen LogP contribution < -0.4 is 24.3 Å². The second-order valence-corrected chi connectivity index (χ2v) is 11.8. The Labute approximate surface area is 313 Å². The molecule has 0 fully saturated rings. The topological polar surface area (TPSA) is 145 Å². The smallest absolute Gasteiger partial charge is 0.339 e. The number of esters is 3. The van der Waals surface area contributed by atoms with E-state index in [1.54, 1.807) is 77.0 Å². The number of ether oxygens (including phenoxy) is 7. The van der Waals surface area contributed by atoms with Crippen LogP contribution >= 0.6 is 31.9 Å². The molecule has 0 spiro atoms. The number of halogens is 2. The fraction of sp³-hybridized carbons (Fsp3) is 0.243. The highest BCUT2D eigenvalue weighted by Crippen LogP contribution is 2.24. The van der Waals surface area contributed by atoms with Crippen molar-refractivity contribution in [3.63, 3.8) is 0 Å². The maximum atomic E-state index is 11.2. The minimum atomic E-state index is -0.384. The van der Waals surface area contributed by atoms with Gasteiger partial charge in [-0.3, -0.25) is 4.79 Å². The molecule has 0 saturated heterocycles. The minimum Gasteiger partial charge on any atom is -0.497 e. The summed E-state index contributed by atoms with van der Waals surface area (Å²) in [6.45, 7) is 2.49. The number of hydrogen-bond donors (Lipinski definition) is 1. The van der Waals surface area contributed by atoms with E-state index in [-0.39, 0.29) is 23.8 Å². The van der Waals surface area contributed by atoms with Crippen LogP contribution in [0, 0.1) is 6.92 Å². The maximum Gasteiger partial charge on any atom is 0.339 e. The molecule has 0 bridgehead atoms. The van der Waals surface area contributed by atoms with Gasteiger partial charge in [0.1, 0.15) is 23.0 Å². The van der Waals surface area contributed by atoms with Crippen LogP contribution in [0.1, 0.15) is 52.6 Å². The molecule has 0 atom stereocenters. The molecule has 1 heterocycles. The summed E-state index contributed by atoms with van der Waals surface area (Å²) < 4.78 is 35.2. The molecule has 0 aromatic heterocycles. The summed E-state index contributed by atoms with van der Waals surface area (Å²) >= 11 is 6.49. The van der Waals surface area contributed by atoms with E-state index < -0.39 is 0 Å². The Morgan fingerprint density at radius 2 is 0.922 bits per heavy atom. The zero-order valence-corrected chi connectivity index (χ0v) is 32.6. The van der Waals surface area contributed by atoms with E-state index >= 15 is 0 Å². The van der Waals surface area contributed by atoms with Gasteiger partial charge in [-0.25, -0.2) is 14.4 Å². The first kappa shape index (κ1) is 42.1. The van der Waals surface area contributed by atoms with E-state index in [4.69, 9.17) is 18.9 Å². The quantitative estimate of drug-likeness (QED) is 0.149. The SMILES string of the molecule is COC(=O)c1cc(OC)ccc1Br.COC(=O)c1cc(OC)ccc1Br.COC(=O)c1cc(OC)ccc1C.COc1ccc2c(c1)C(=O)NC2. The second-order valence-electron chi connectivity index (χ2n) is 10.1. The molecule has 14 heteroatoms. The molecule has 12 nitrogen and oxygen atoms in total. The largest absolute Gasteiger partial charge is 0.497 e. The molecule has 0 aliphatic carbocycles. The predicted molar refractivity (Wildman–Crippen MR) is 197 cm³/mol. The van der Waals surface area contributed by atoms with Crippen molar-refractivity contribution in [3.8, 4) is 23.0 Å². The van der Waals surface area contributed by atoms with Crippen LogP contribution in [0.4, 0.5) is 0 Å². The number of methoxy groups -OCH3 is 7. The number of nitrogens with one attached hydrogen (secondary N) is 1. The number of rotatable bonds is 7. The van der Waals surface area contributed by atoms with Gasteiger partial charge in [0.15, 0.2) is 0 Å². The monoisotopic (exact) mass is 831 g/mol. The van der Waals surface area contributed by atoms with Crippen LogP contribution in [0.25, 0.3) is 0 Å². The van der Waals surface area contributed by atoms with E-state index in [9.17, 15) is 19.2 Å². The van der Waals surface area contributed by atoms with Gasteiger partial charge in [0, 0.05) is 21.1 Å². The van der Waals surface area contributed by atoms with E-state index in [2.05, 4.69) is 51.4 Å². The van der Waals surface area contributed by atoms with E-state index in [1.807, 2.05) is 31.2 Å². The molecule has 0 saturated carbocycles. The summed E-state index contributed by atoms with van der Waals surface area (Å²) in [5.41, 5.74) is 4.12. The number of hydrogen-bond acceptors (Lipinski definition) is 11. The molecule has 272 valence electrons. The zero-order chi connectivity index (χ0) is 38.1. The third kappa shape index (κ3) is 12.3. The van der Waals surface area contributed by atoms with Crippen molar-refractivity contribution in [1.82, 2.24) is 5.32 Å². The molecule has 0 radical (unpaired) electrons. The fourth-order valence-corrected chi connectivity index (χ4v) is 4.99. The first-order valence-corrected chi connectivity index (χ1v) is 16.5. The Morgan fingerprint density at radius 1 is 0.549 bits per heavy atom. The lowest BCUT2D eigenvalue weighted by atomic mass is 10.1. The van der Waals surface area contributed by atoms with Crippen molar-refractivity contribution in [2.45, 2.75) is 13.5 Å². The highest BCUT2D eigenvalue weighted by molar-refractivity contribution is 9.10. The number of amides is 1. The van der Waals surface area contributed by atoms with Gasteiger partial charge in [0.25, 0.3) is 5.91 Å². The molecule has 4 aromatic rings. The lowest BCUT2D eigenvalue weighted by Gasteiger charge is -2.05. The zero-order valence-electron chi connectivity index (χ0n) is 29.4. The first-order valence-electron chi connectivity index (χ1n) is 14.9. The first-order chi connectivity index (χ1) is 24.4. The third-order valence-corrected chi connectivity index (χ3v) is 8.39. The van der Waals surface area contributed by atoms with Crippen molar-refractivity contribution in [2.24, 2.45) is 0 Å². The highest BCUT2D eigenvalue weighted by Gasteiger charge is 2.18. The summed E-state index contributed by atoms with van der Waals surface area (Å²) in [5, 5.41) is 2.74. The van der Waals surface area contributed by atoms with Crippen molar-refractivity contribution in [2.75, 3.05) is 49.8 Å². The Morgan fingerprint density at radius 3 is 1.35 bits per heavy atom. The normalized spacial score (nSPS) is 10.5. The molecular weight excluding hydrogens is 794 g/mol. The van der Waals surface area contributed by atoms with Gasteiger partial charge >= 0.3 is 17.9 Å². The van der Waals surface area contributed by atoms with Gasteiger partial charge in [-0.2, -0.15) is 0 Å². The van der Waals surface area contributed by atoms with Crippen molar-refractivity contribution in [1.29, 1.82) is 0 Å². The average Bonchev–Trinajstić information content (AvgIpc) is 3.54. The molecular formula is C37H39Br2NO11. The van der Waals surface area contributed by atoms with Crippen LogP contribution in [-0.4, -0.2) is 73.6 Å². The van der Waals surface area contributed by atoms with Gasteiger partial charge in [-0.05, 0) is 111 Å². The van der Waals surface area contributed by atoms with Gasteiger partial charge in [0.2, 0.25) is 0 Å². The van der Waals surface area contributed by atoms with Crippen LogP contribution in [0.5, 0.6) is 23.0 Å². The van der Waals surface area contributed by atoms with E-state index in [0.717, 1.165) is 22.4 Å². The third-order valence-electron chi connectivity index (χ3n) is 7.01. The van der Waals surface area contributed by atoms with E-state index in [0.29, 0.717) is 49.4 Å². The van der Waals surface area contributed by atoms with E-state index in [1.165, 1.54) is 21.3 Å². The van der Waals surface area contributed by atoms with Gasteiger partial charge in [-0.15, -0.1) is 0 Å². The van der Waals surface area contributed by atoms with Crippen LogP contribution in [-0.2, 0) is 20.8 Å². The Kier molecular flexibility index (Phi) is 17.5. The molecule has 4 aromatic carbocycles. The molecule has 1 aliphatic rings. The number of carbonyl (C=O) groups is 4. The van der Waals surface area contributed by atoms with Gasteiger partial charge in [-0.1, -0.05) is 12.1 Å². The molecule has 0 unspecified atom stereocenters. The standard InChI is InChI=1S/C10H12O3.2C9H9BrO3.C9H9NO2/c1-7-4-5-8(12-2)6-9(7)10(11)13-3;2*1-12-6-3-4-8(10)7(5-6)9(11)13-2;1-12-7-3-2-6-5-10-9(11)8(6)4-7/h4-6H,1-3H3;2*3-5H,1-2H3;2-4H,5H2,1H3,(H,10,11). The van der Waals surface area contributed by atoms with Gasteiger partial charge in [0.05, 0.1) is 66.5 Å². The Bertz CT molecular complexity index is 1670. The van der Waals surface area contributed by atoms with Crippen LogP contribution in [0.15, 0.2) is 81.7 Å². The summed E-state index contributed by atoms with van der Waals surface area (Å²) in [4.78, 5) is 44.8. The van der Waals surface area contributed by atoms with Crippen molar-refractivity contribution >= 4 is 55.7 Å². The number of benzene rings is 4. The van der Waals surface area contributed by atoms with Crippen LogP contribution in [0.3, 0.4) is 0 Å². The van der Waals surface area contributed by atoms with Gasteiger partial charge < -0.3 is 38.5 Å². The fourth-order valence-electron chi connectivity index (χ4n) is 4.17. The molecule has 51 heavy (non-hydrogen) atoms. The summed E-state index contributed by atoms with van der Waals surface area (Å²) in [5.74, 6) is 1.53. The second kappa shape index (κ2) is 21.2. The maximum absolute atomic E-state index is 11.2. The number of aryl methyl sites for hydroxylation is 1. The summed E-state index contributed by atoms with van der Waals surface area (Å²) in [7, 11) is 10.3. The highest BCUT2D eigenvalue weighted by atomic mass is 79.9.